The van der Waals surface area contributed by atoms with Gasteiger partial charge >= 0.3 is 24.0 Å². The van der Waals surface area contributed by atoms with E-state index in [1.54, 1.807) is 25.3 Å². The molecular formula is C11H8F7N3O4. The Hall–Kier alpha value is -2.80. The number of carbonyl (C=O) groups is 1. The lowest BCUT2D eigenvalue weighted by Crippen LogP contribution is -2.56. The number of aliphatic carboxylic acids is 1. The van der Waals surface area contributed by atoms with Gasteiger partial charge in [0.1, 0.15) is 16.8 Å². The third-order valence-electron chi connectivity index (χ3n) is 2.65. The zero-order valence-electron chi connectivity index (χ0n) is 11.9. The maximum Gasteiger partial charge on any atom is 0.460 e. The van der Waals surface area contributed by atoms with Crippen LogP contribution in [-0.4, -0.2) is 56.6 Å². The molecule has 0 radical (unpaired) electrons. The quantitative estimate of drug-likeness (QED) is 0.629. The number of benzene rings is 1. The molecule has 1 heterocycles. The molecule has 7 nitrogen and oxygen atoms in total. The summed E-state index contributed by atoms with van der Waals surface area (Å²) in [5, 5.41) is 23.6. The predicted molar refractivity (Wildman–Crippen MR) is 64.8 cm³/mol. The van der Waals surface area contributed by atoms with E-state index in [9.17, 15) is 35.5 Å². The number of hydrogen-bond acceptors (Lipinski definition) is 5. The molecule has 0 aliphatic heterocycles. The summed E-state index contributed by atoms with van der Waals surface area (Å²) in [5.41, 5.74) is 1.17. The molecule has 0 saturated carbocycles. The van der Waals surface area contributed by atoms with Crippen molar-refractivity contribution in [2.75, 3.05) is 7.11 Å². The van der Waals surface area contributed by atoms with Crippen molar-refractivity contribution in [3.05, 3.63) is 18.2 Å². The van der Waals surface area contributed by atoms with Crippen molar-refractivity contribution in [2.45, 2.75) is 18.0 Å². The maximum absolute atomic E-state index is 11.8. The minimum Gasteiger partial charge on any atom is -0.497 e. The smallest absolute Gasteiger partial charge is 0.460 e. The van der Waals surface area contributed by atoms with Gasteiger partial charge < -0.3 is 15.1 Å². The van der Waals surface area contributed by atoms with Gasteiger partial charge in [-0.3, -0.25) is 0 Å². The molecule has 140 valence electrons. The van der Waals surface area contributed by atoms with E-state index in [4.69, 9.17) is 15.1 Å². The van der Waals surface area contributed by atoms with Crippen LogP contribution in [-0.2, 0) is 4.79 Å². The highest BCUT2D eigenvalue weighted by Gasteiger charge is 2.76. The Morgan fingerprint density at radius 2 is 1.72 bits per heavy atom. The van der Waals surface area contributed by atoms with Gasteiger partial charge in [-0.2, -0.15) is 30.7 Å². The summed E-state index contributed by atoms with van der Waals surface area (Å²) in [5.74, 6) is -15.6. The van der Waals surface area contributed by atoms with Crippen LogP contribution in [0.3, 0.4) is 0 Å². The van der Waals surface area contributed by atoms with E-state index in [1.165, 1.54) is 0 Å². The highest BCUT2D eigenvalue weighted by atomic mass is 19.4. The largest absolute Gasteiger partial charge is 0.497 e. The first-order valence-corrected chi connectivity index (χ1v) is 5.90. The molecule has 1 aromatic heterocycles. The van der Waals surface area contributed by atoms with E-state index in [2.05, 4.69) is 10.3 Å². The fourth-order valence-corrected chi connectivity index (χ4v) is 1.33. The molecule has 14 heteroatoms. The van der Waals surface area contributed by atoms with Crippen LogP contribution in [0.25, 0.3) is 11.0 Å². The average molecular weight is 379 g/mol. The van der Waals surface area contributed by atoms with Gasteiger partial charge in [0.05, 0.1) is 7.11 Å². The molecule has 2 N–H and O–H groups in total. The normalized spacial score (nSPS) is 12.5. The summed E-state index contributed by atoms with van der Waals surface area (Å²) in [6.45, 7) is 0. The first-order chi connectivity index (χ1) is 11.3. The van der Waals surface area contributed by atoms with Crippen LogP contribution < -0.4 is 4.74 Å². The summed E-state index contributed by atoms with van der Waals surface area (Å²) in [7, 11) is 1.57. The van der Waals surface area contributed by atoms with Crippen LogP contribution in [0.2, 0.25) is 0 Å². The third-order valence-corrected chi connectivity index (χ3v) is 2.65. The van der Waals surface area contributed by atoms with E-state index in [1.807, 2.05) is 0 Å². The lowest BCUT2D eigenvalue weighted by molar-refractivity contribution is -0.347. The molecule has 0 spiro atoms. The Morgan fingerprint density at radius 1 is 1.16 bits per heavy atom. The standard InChI is InChI=1S/C7H7N3O2.C4HF7O2/c1-12-5-2-3-7-6(4-5)8-9-10(7)11;5-2(6,1(12)13)3(7,8)4(9,10)11/h2-4,11H,1H3;(H,12,13). The summed E-state index contributed by atoms with van der Waals surface area (Å²) in [4.78, 5) is 10.1. The van der Waals surface area contributed by atoms with Crippen LogP contribution >= 0.6 is 0 Å². The first kappa shape index (κ1) is 20.2. The van der Waals surface area contributed by atoms with Crippen molar-refractivity contribution >= 4 is 17.0 Å². The highest BCUT2D eigenvalue weighted by Crippen LogP contribution is 2.46. The number of methoxy groups -OCH3 is 1. The third kappa shape index (κ3) is 3.83. The number of alkyl halides is 7. The molecule has 0 amide bonds. The Kier molecular flexibility index (Phi) is 5.35. The lowest BCUT2D eigenvalue weighted by Gasteiger charge is -2.24. The molecule has 0 aliphatic carbocycles. The summed E-state index contributed by atoms with van der Waals surface area (Å²) < 4.78 is 85.5. The van der Waals surface area contributed by atoms with E-state index in [0.717, 1.165) is 4.85 Å². The first-order valence-electron chi connectivity index (χ1n) is 5.90. The van der Waals surface area contributed by atoms with Crippen LogP contribution in [0, 0.1) is 0 Å². The van der Waals surface area contributed by atoms with Crippen LogP contribution in [0.1, 0.15) is 0 Å². The topological polar surface area (TPSA) is 97.5 Å². The fourth-order valence-electron chi connectivity index (χ4n) is 1.33. The van der Waals surface area contributed by atoms with Crippen LogP contribution in [0.15, 0.2) is 18.2 Å². The van der Waals surface area contributed by atoms with Crippen LogP contribution in [0.4, 0.5) is 30.7 Å². The number of ether oxygens (including phenoxy) is 1. The molecule has 0 bridgehead atoms. The minimum absolute atomic E-state index is 0.566. The van der Waals surface area contributed by atoms with E-state index in [-0.39, 0.29) is 0 Å². The molecule has 25 heavy (non-hydrogen) atoms. The second-order valence-corrected chi connectivity index (χ2v) is 4.29. The van der Waals surface area contributed by atoms with E-state index >= 15 is 0 Å². The lowest BCUT2D eigenvalue weighted by atomic mass is 10.1. The SMILES string of the molecule is COc1ccc2c(c1)nnn2O.O=C(O)C(F)(F)C(F)(F)C(F)(F)F. The van der Waals surface area contributed by atoms with E-state index in [0.29, 0.717) is 16.8 Å². The second kappa shape index (κ2) is 6.60. The van der Waals surface area contributed by atoms with Gasteiger partial charge in [-0.05, 0) is 17.3 Å². The van der Waals surface area contributed by atoms with Crippen molar-refractivity contribution in [2.24, 2.45) is 0 Å². The highest BCUT2D eigenvalue weighted by molar-refractivity contribution is 5.77. The molecule has 0 aliphatic rings. The summed E-state index contributed by atoms with van der Waals surface area (Å²) in [6.07, 6.45) is -6.60. The van der Waals surface area contributed by atoms with Crippen molar-refractivity contribution in [1.29, 1.82) is 0 Å². The van der Waals surface area contributed by atoms with Gasteiger partial charge in [0.2, 0.25) is 0 Å². The number of halogens is 7. The van der Waals surface area contributed by atoms with Gasteiger partial charge in [0, 0.05) is 6.07 Å². The maximum atomic E-state index is 11.8. The molecule has 0 unspecified atom stereocenters. The minimum atomic E-state index is -6.60. The zero-order chi connectivity index (χ0) is 19.6. The van der Waals surface area contributed by atoms with Crippen molar-refractivity contribution in [1.82, 2.24) is 15.2 Å². The number of carboxylic acid groups (broad SMARTS) is 1. The molecule has 2 rings (SSSR count). The van der Waals surface area contributed by atoms with Crippen molar-refractivity contribution < 1.29 is 50.6 Å². The Bertz CT molecular complexity index is 760. The monoisotopic (exact) mass is 379 g/mol. The number of nitrogens with zero attached hydrogens (tertiary/aromatic N) is 3. The summed E-state index contributed by atoms with van der Waals surface area (Å²) in [6, 6.07) is 5.13. The number of aromatic nitrogens is 3. The Labute approximate surface area is 133 Å². The molecule has 2 aromatic rings. The van der Waals surface area contributed by atoms with Crippen molar-refractivity contribution in [3.8, 4) is 5.75 Å². The number of carboxylic acids is 1. The van der Waals surface area contributed by atoms with Gasteiger partial charge in [-0.1, -0.05) is 4.85 Å². The van der Waals surface area contributed by atoms with Gasteiger partial charge in [-0.25, -0.2) is 4.79 Å². The molecule has 0 saturated heterocycles. The molecule has 0 fully saturated rings. The second-order valence-electron chi connectivity index (χ2n) is 4.29. The molecule has 1 aromatic carbocycles. The molecule has 0 atom stereocenters. The fraction of sp³-hybridized carbons (Fsp3) is 0.364. The van der Waals surface area contributed by atoms with Crippen molar-refractivity contribution in [3.63, 3.8) is 0 Å². The van der Waals surface area contributed by atoms with Crippen LogP contribution in [0.5, 0.6) is 5.75 Å². The van der Waals surface area contributed by atoms with Gasteiger partial charge in [-0.15, -0.1) is 5.10 Å². The molecular weight excluding hydrogens is 371 g/mol. The number of fused-ring (bicyclic) bond motifs is 1. The predicted octanol–water partition coefficient (Wildman–Crippen LogP) is 2.58. The Balaban J connectivity index is 0.000000250. The van der Waals surface area contributed by atoms with Gasteiger partial charge in [0.15, 0.2) is 0 Å². The number of hydrogen-bond donors (Lipinski definition) is 2. The Morgan fingerprint density at radius 3 is 2.12 bits per heavy atom. The average Bonchev–Trinajstić information content (AvgIpc) is 2.87. The zero-order valence-corrected chi connectivity index (χ0v) is 11.9. The summed E-state index contributed by atoms with van der Waals surface area (Å²) >= 11 is 0. The van der Waals surface area contributed by atoms with E-state index < -0.39 is 24.0 Å². The van der Waals surface area contributed by atoms with Gasteiger partial charge in [0.25, 0.3) is 0 Å². The number of rotatable bonds is 3.